The average Bonchev–Trinajstić information content (AvgIpc) is 0. The van der Waals surface area contributed by atoms with Gasteiger partial charge in [-0.3, -0.25) is 0 Å². The van der Waals surface area contributed by atoms with Gasteiger partial charge in [0.1, 0.15) is 0 Å². The van der Waals surface area contributed by atoms with Crippen molar-refractivity contribution in [3.05, 3.63) is 0 Å². The van der Waals surface area contributed by atoms with Crippen LogP contribution in [0.2, 0.25) is 0 Å². The number of rotatable bonds is 0. The Balaban J connectivity index is 0. The van der Waals surface area contributed by atoms with E-state index in [0.717, 1.165) is 0 Å². The van der Waals surface area contributed by atoms with Gasteiger partial charge in [0.05, 0.1) is 0 Å². The molecule has 0 aliphatic carbocycles. The van der Waals surface area contributed by atoms with Crippen LogP contribution in [0.5, 0.6) is 0 Å². The Kier molecular flexibility index (Phi) is 2380. The first-order valence-electron chi connectivity index (χ1n) is 0. The van der Waals surface area contributed by atoms with E-state index in [0.29, 0.717) is 0 Å². The van der Waals surface area contributed by atoms with Crippen LogP contribution in [-0.2, 0) is 569 Å². The maximum Gasteiger partial charge on any atom is 0 e. The second kappa shape index (κ2) is 245. The first kappa shape index (κ1) is 262. The molecular weight excluding hydrogens is 4960 g/mol. The van der Waals surface area contributed by atoms with Crippen molar-refractivity contribution in [1.29, 1.82) is 0 Å². The van der Waals surface area contributed by atoms with Crippen molar-refractivity contribution in [3.8, 4) is 0 Å². The van der Waals surface area contributed by atoms with Crippen LogP contribution in [0.25, 0.3) is 0 Å². The zero-order valence-corrected chi connectivity index (χ0v) is 90.2. The molecule has 0 heterocycles. The Morgan fingerprint density at radius 3 is 0.0370 bits per heavy atom. The zero-order chi connectivity index (χ0) is 0. The molecule has 162 valence electrons. The Morgan fingerprint density at radius 2 is 0.0370 bits per heavy atom. The van der Waals surface area contributed by atoms with Gasteiger partial charge in [-0.05, 0) is 0 Å². The first-order valence-corrected chi connectivity index (χ1v) is 0. The van der Waals surface area contributed by atoms with Gasteiger partial charge < -0.3 is 0 Å². The molecule has 0 aromatic rings. The van der Waals surface area contributed by atoms with E-state index in [9.17, 15) is 0 Å². The van der Waals surface area contributed by atoms with Gasteiger partial charge in [0.15, 0.2) is 0 Å². The molecule has 27 heavy (non-hydrogen) atoms. The predicted octanol–water partition coefficient (Wildman–Crippen LogP) is -0.0675. The molecule has 27 heteroatoms. The minimum Gasteiger partial charge on any atom is 0 e. The zero-order valence-electron chi connectivity index (χ0n) is 11.0. The summed E-state index contributed by atoms with van der Waals surface area (Å²) < 4.78 is 0. The second-order valence-electron chi connectivity index (χ2n) is 0. The molecule has 0 saturated carbocycles. The van der Waals surface area contributed by atoms with Crippen molar-refractivity contribution in [2.45, 2.75) is 0 Å². The molecule has 0 nitrogen and oxygen atoms in total. The third kappa shape index (κ3) is 234. The van der Waals surface area contributed by atoms with Gasteiger partial charge in [0.2, 0.25) is 0 Å². The Bertz CT molecular complexity index is 0. The summed E-state index contributed by atoms with van der Waals surface area (Å²) in [5, 5.41) is 0. The minimum absolute atomic E-state index is 0. The molecule has 0 saturated heterocycles. The molecule has 0 amide bonds. The van der Waals surface area contributed by atoms with E-state index < -0.39 is 0 Å². The van der Waals surface area contributed by atoms with E-state index in [4.69, 9.17) is 0 Å². The first-order chi connectivity index (χ1) is 0. The molecule has 0 aromatic heterocycles. The van der Waals surface area contributed by atoms with Gasteiger partial charge in [0, 0.05) is 569 Å². The van der Waals surface area contributed by atoms with E-state index in [2.05, 4.69) is 0 Å². The van der Waals surface area contributed by atoms with Crippen LogP contribution < -0.4 is 0 Å². The summed E-state index contributed by atoms with van der Waals surface area (Å²) in [6.07, 6.45) is 0. The Morgan fingerprint density at radius 1 is 0.0370 bits per heavy atom. The molecular formula is W27. The maximum atomic E-state index is 0. The molecule has 0 N–H and O–H groups in total. The van der Waals surface area contributed by atoms with Crippen molar-refractivity contribution in [2.24, 2.45) is 0 Å². The summed E-state index contributed by atoms with van der Waals surface area (Å²) in [7, 11) is 0. The average molecular weight is 4960 g/mol. The molecule has 0 atom stereocenters. The topological polar surface area (TPSA) is 0 Å². The molecule has 0 unspecified atom stereocenters. The summed E-state index contributed by atoms with van der Waals surface area (Å²) in [4.78, 5) is 0. The summed E-state index contributed by atoms with van der Waals surface area (Å²) in [6, 6.07) is 0. The van der Waals surface area contributed by atoms with Crippen molar-refractivity contribution in [1.82, 2.24) is 0 Å². The largest absolute Gasteiger partial charge is 0 e. The normalized spacial score (nSPS) is 0. The van der Waals surface area contributed by atoms with E-state index >= 15 is 0 Å². The minimum atomic E-state index is 0. The number of hydrogen-bond acceptors (Lipinski definition) is 0. The van der Waals surface area contributed by atoms with Crippen LogP contribution in [0.4, 0.5) is 0 Å². The predicted molar refractivity (Wildman–Crippen MR) is 0 cm³/mol. The van der Waals surface area contributed by atoms with Crippen LogP contribution in [0.15, 0.2) is 0 Å². The fourth-order valence-electron chi connectivity index (χ4n) is 0. The standard InChI is InChI=1S/27W. The van der Waals surface area contributed by atoms with Crippen molar-refractivity contribution in [3.63, 3.8) is 0 Å². The van der Waals surface area contributed by atoms with E-state index in [1.54, 1.807) is 0 Å². The second-order valence-corrected chi connectivity index (χ2v) is 0. The molecule has 0 aliphatic rings. The Labute approximate surface area is 552 Å². The van der Waals surface area contributed by atoms with Crippen molar-refractivity contribution >= 4 is 0 Å². The molecule has 0 aromatic carbocycles. The number of hydrogen-bond donors (Lipinski definition) is 0. The SMILES string of the molecule is [W].[W].[W].[W].[W].[W].[W].[W].[W].[W].[W].[W].[W].[W].[W].[W].[W].[W].[W].[W].[W].[W].[W].[W].[W].[W].[W]. The van der Waals surface area contributed by atoms with E-state index in [1.807, 2.05) is 0 Å². The smallest absolute Gasteiger partial charge is 0 e. The van der Waals surface area contributed by atoms with Crippen LogP contribution in [-0.4, -0.2) is 0 Å². The molecule has 0 fully saturated rings. The molecule has 0 aliphatic heterocycles. The monoisotopic (exact) mass is 4970 g/mol. The van der Waals surface area contributed by atoms with Crippen LogP contribution in [0.1, 0.15) is 0 Å². The van der Waals surface area contributed by atoms with Crippen LogP contribution in [0.3, 0.4) is 0 Å². The van der Waals surface area contributed by atoms with Gasteiger partial charge in [-0.15, -0.1) is 0 Å². The maximum absolute atomic E-state index is 0. The fraction of sp³-hybridized carbons (Fsp3) is 0. The fourth-order valence-corrected chi connectivity index (χ4v) is 0. The third-order valence-electron chi connectivity index (χ3n) is 0. The van der Waals surface area contributed by atoms with E-state index in [-0.39, 0.29) is 569 Å². The molecule has 0 spiro atoms. The van der Waals surface area contributed by atoms with Crippen molar-refractivity contribution < 1.29 is 569 Å². The quantitative estimate of drug-likeness (QED) is 0.320. The summed E-state index contributed by atoms with van der Waals surface area (Å²) in [5.74, 6) is 0. The Hall–Kier alpha value is 18.6. The molecule has 0 radical (unpaired) electrons. The summed E-state index contributed by atoms with van der Waals surface area (Å²) in [5.41, 5.74) is 0. The summed E-state index contributed by atoms with van der Waals surface area (Å²) in [6.45, 7) is 0. The van der Waals surface area contributed by atoms with Gasteiger partial charge in [0.25, 0.3) is 0 Å². The van der Waals surface area contributed by atoms with Gasteiger partial charge in [-0.25, -0.2) is 0 Å². The molecule has 0 rings (SSSR count). The van der Waals surface area contributed by atoms with Crippen LogP contribution >= 0.6 is 0 Å². The van der Waals surface area contributed by atoms with Gasteiger partial charge in [-0.2, -0.15) is 0 Å². The van der Waals surface area contributed by atoms with Crippen molar-refractivity contribution in [2.75, 3.05) is 0 Å². The van der Waals surface area contributed by atoms with Gasteiger partial charge in [-0.1, -0.05) is 0 Å². The molecule has 0 bridgehead atoms. The van der Waals surface area contributed by atoms with E-state index in [1.165, 1.54) is 0 Å². The third-order valence-corrected chi connectivity index (χ3v) is 0. The van der Waals surface area contributed by atoms with Crippen LogP contribution in [0, 0.1) is 0 Å². The summed E-state index contributed by atoms with van der Waals surface area (Å²) >= 11 is 0. The van der Waals surface area contributed by atoms with Gasteiger partial charge >= 0.3 is 0 Å².